The minimum absolute atomic E-state index is 0.0855. The maximum absolute atomic E-state index is 11.6. The molecule has 1 amide bonds. The van der Waals surface area contributed by atoms with Crippen molar-refractivity contribution in [1.29, 1.82) is 0 Å². The van der Waals surface area contributed by atoms with Crippen LogP contribution in [0.4, 0.5) is 4.79 Å². The molecule has 0 saturated carbocycles. The Kier molecular flexibility index (Phi) is 6.88. The number of nitrogens with zero attached hydrogens (tertiary/aromatic N) is 1. The molecular formula is C13H25NO3. The predicted molar refractivity (Wildman–Crippen MR) is 68.9 cm³/mol. The maximum Gasteiger partial charge on any atom is 0.410 e. The molecule has 0 aromatic rings. The summed E-state index contributed by atoms with van der Waals surface area (Å²) >= 11 is 0. The number of aliphatic hydroxyl groups excluding tert-OH is 1. The van der Waals surface area contributed by atoms with Crippen LogP contribution in [0.2, 0.25) is 0 Å². The number of amides is 1. The normalized spacial score (nSPS) is 15.6. The summed E-state index contributed by atoms with van der Waals surface area (Å²) < 4.78 is 5.24. The third-order valence-electron chi connectivity index (χ3n) is 2.16. The van der Waals surface area contributed by atoms with E-state index in [1.165, 1.54) is 0 Å². The second kappa shape index (κ2) is 7.33. The van der Waals surface area contributed by atoms with Gasteiger partial charge in [-0.05, 0) is 32.8 Å². The van der Waals surface area contributed by atoms with Crippen LogP contribution in [0.1, 0.15) is 41.0 Å². The molecule has 1 rings (SSSR count). The van der Waals surface area contributed by atoms with Crippen LogP contribution in [0.3, 0.4) is 0 Å². The lowest BCUT2D eigenvalue weighted by Crippen LogP contribution is -2.39. The van der Waals surface area contributed by atoms with Crippen LogP contribution in [-0.2, 0) is 4.74 Å². The van der Waals surface area contributed by atoms with Crippen LogP contribution in [0.5, 0.6) is 0 Å². The van der Waals surface area contributed by atoms with E-state index in [2.05, 4.69) is 0 Å². The minimum atomic E-state index is -0.446. The summed E-state index contributed by atoms with van der Waals surface area (Å²) in [4.78, 5) is 13.3. The van der Waals surface area contributed by atoms with Crippen molar-refractivity contribution in [3.05, 3.63) is 11.6 Å². The van der Waals surface area contributed by atoms with Crippen LogP contribution in [0.25, 0.3) is 0 Å². The van der Waals surface area contributed by atoms with Crippen molar-refractivity contribution in [3.63, 3.8) is 0 Å². The molecule has 4 heteroatoms. The monoisotopic (exact) mass is 243 g/mol. The third-order valence-corrected chi connectivity index (χ3v) is 2.16. The molecule has 0 radical (unpaired) electrons. The largest absolute Gasteiger partial charge is 0.444 e. The van der Waals surface area contributed by atoms with Crippen LogP contribution < -0.4 is 0 Å². The fourth-order valence-corrected chi connectivity index (χ4v) is 1.35. The van der Waals surface area contributed by atoms with Gasteiger partial charge in [0.05, 0.1) is 6.61 Å². The van der Waals surface area contributed by atoms with Crippen molar-refractivity contribution in [1.82, 2.24) is 4.90 Å². The van der Waals surface area contributed by atoms with Gasteiger partial charge < -0.3 is 14.7 Å². The van der Waals surface area contributed by atoms with Gasteiger partial charge in [0.15, 0.2) is 0 Å². The maximum atomic E-state index is 11.6. The fraction of sp³-hybridized carbons (Fsp3) is 0.769. The van der Waals surface area contributed by atoms with Crippen molar-refractivity contribution in [2.75, 3.05) is 19.7 Å². The number of carbonyl (C=O) groups is 1. The minimum Gasteiger partial charge on any atom is -0.444 e. The molecule has 1 aliphatic heterocycles. The van der Waals surface area contributed by atoms with Gasteiger partial charge in [0, 0.05) is 13.1 Å². The first-order chi connectivity index (χ1) is 7.92. The van der Waals surface area contributed by atoms with Gasteiger partial charge in [0.1, 0.15) is 5.60 Å². The zero-order chi connectivity index (χ0) is 13.5. The SMILES string of the molecule is CC.CC(C)(C)OC(=O)N1CC=C(CO)CC1. The molecule has 0 saturated heterocycles. The van der Waals surface area contributed by atoms with Crippen molar-refractivity contribution in [2.45, 2.75) is 46.6 Å². The summed E-state index contributed by atoms with van der Waals surface area (Å²) in [7, 11) is 0. The second-order valence-corrected chi connectivity index (χ2v) is 4.70. The van der Waals surface area contributed by atoms with E-state index in [0.29, 0.717) is 13.1 Å². The van der Waals surface area contributed by atoms with E-state index in [0.717, 1.165) is 12.0 Å². The summed E-state index contributed by atoms with van der Waals surface area (Å²) in [5, 5.41) is 8.90. The van der Waals surface area contributed by atoms with Crippen LogP contribution in [0, 0.1) is 0 Å². The van der Waals surface area contributed by atoms with Gasteiger partial charge in [-0.15, -0.1) is 0 Å². The predicted octanol–water partition coefficient (Wildman–Crippen LogP) is 2.57. The smallest absolute Gasteiger partial charge is 0.410 e. The number of aliphatic hydroxyl groups is 1. The second-order valence-electron chi connectivity index (χ2n) is 4.70. The summed E-state index contributed by atoms with van der Waals surface area (Å²) in [6.07, 6.45) is 2.33. The first-order valence-electron chi connectivity index (χ1n) is 6.19. The Hall–Kier alpha value is -1.03. The first kappa shape index (κ1) is 16.0. The third kappa shape index (κ3) is 6.31. The highest BCUT2D eigenvalue weighted by atomic mass is 16.6. The van der Waals surface area contributed by atoms with Gasteiger partial charge in [-0.25, -0.2) is 4.79 Å². The van der Waals surface area contributed by atoms with E-state index >= 15 is 0 Å². The molecule has 0 aromatic heterocycles. The van der Waals surface area contributed by atoms with E-state index in [9.17, 15) is 4.79 Å². The first-order valence-corrected chi connectivity index (χ1v) is 6.19. The van der Waals surface area contributed by atoms with E-state index in [4.69, 9.17) is 9.84 Å². The van der Waals surface area contributed by atoms with Crippen LogP contribution in [-0.4, -0.2) is 41.4 Å². The highest BCUT2D eigenvalue weighted by Crippen LogP contribution is 2.14. The van der Waals surface area contributed by atoms with E-state index < -0.39 is 5.60 Å². The Morgan fingerprint density at radius 3 is 2.41 bits per heavy atom. The van der Waals surface area contributed by atoms with Gasteiger partial charge >= 0.3 is 6.09 Å². The van der Waals surface area contributed by atoms with Gasteiger partial charge in [0.2, 0.25) is 0 Å². The molecule has 1 aliphatic rings. The molecule has 4 nitrogen and oxygen atoms in total. The van der Waals surface area contributed by atoms with Crippen LogP contribution in [0.15, 0.2) is 11.6 Å². The molecule has 0 atom stereocenters. The number of ether oxygens (including phenoxy) is 1. The highest BCUT2D eigenvalue weighted by molar-refractivity contribution is 5.68. The molecule has 1 N–H and O–H groups in total. The molecular weight excluding hydrogens is 218 g/mol. The van der Waals surface area contributed by atoms with Gasteiger partial charge in [0.25, 0.3) is 0 Å². The molecule has 0 spiro atoms. The van der Waals surface area contributed by atoms with Gasteiger partial charge in [-0.2, -0.15) is 0 Å². The van der Waals surface area contributed by atoms with Crippen molar-refractivity contribution >= 4 is 6.09 Å². The lowest BCUT2D eigenvalue weighted by molar-refractivity contribution is 0.0263. The molecule has 0 aliphatic carbocycles. The standard InChI is InChI=1S/C11H19NO3.C2H6/c1-11(2,3)15-10(14)12-6-4-9(8-13)5-7-12;1-2/h4,13H,5-8H2,1-3H3;1-2H3. The lowest BCUT2D eigenvalue weighted by Gasteiger charge is -2.29. The molecule has 1 heterocycles. The zero-order valence-corrected chi connectivity index (χ0v) is 11.6. The molecule has 0 fully saturated rings. The van der Waals surface area contributed by atoms with Crippen molar-refractivity contribution in [3.8, 4) is 0 Å². The summed E-state index contributed by atoms with van der Waals surface area (Å²) in [5.74, 6) is 0. The fourth-order valence-electron chi connectivity index (χ4n) is 1.35. The van der Waals surface area contributed by atoms with E-state index in [1.807, 2.05) is 40.7 Å². The number of hydrogen-bond donors (Lipinski definition) is 1. The highest BCUT2D eigenvalue weighted by Gasteiger charge is 2.23. The Morgan fingerprint density at radius 1 is 1.47 bits per heavy atom. The average molecular weight is 243 g/mol. The molecule has 0 aromatic carbocycles. The quantitative estimate of drug-likeness (QED) is 0.720. The van der Waals surface area contributed by atoms with E-state index in [-0.39, 0.29) is 12.7 Å². The number of hydrogen-bond acceptors (Lipinski definition) is 3. The van der Waals surface area contributed by atoms with Crippen molar-refractivity contribution in [2.24, 2.45) is 0 Å². The van der Waals surface area contributed by atoms with Gasteiger partial charge in [-0.3, -0.25) is 0 Å². The van der Waals surface area contributed by atoms with Crippen LogP contribution >= 0.6 is 0 Å². The molecule has 17 heavy (non-hydrogen) atoms. The molecule has 100 valence electrons. The number of rotatable bonds is 1. The molecule has 0 unspecified atom stereocenters. The summed E-state index contributed by atoms with van der Waals surface area (Å²) in [5.41, 5.74) is 0.549. The zero-order valence-electron chi connectivity index (χ0n) is 11.6. The van der Waals surface area contributed by atoms with E-state index in [1.54, 1.807) is 4.90 Å². The molecule has 0 bridgehead atoms. The van der Waals surface area contributed by atoms with Gasteiger partial charge in [-0.1, -0.05) is 19.9 Å². The summed E-state index contributed by atoms with van der Waals surface area (Å²) in [6, 6.07) is 0. The number of carbonyl (C=O) groups excluding carboxylic acids is 1. The Bertz CT molecular complexity index is 266. The Balaban J connectivity index is 0.00000121. The summed E-state index contributed by atoms with van der Waals surface area (Å²) in [6.45, 7) is 10.8. The lowest BCUT2D eigenvalue weighted by atomic mass is 10.1. The topological polar surface area (TPSA) is 49.8 Å². The average Bonchev–Trinajstić information content (AvgIpc) is 2.29. The van der Waals surface area contributed by atoms with Crippen molar-refractivity contribution < 1.29 is 14.6 Å². The Morgan fingerprint density at radius 2 is 2.06 bits per heavy atom. The Labute approximate surface area is 104 Å².